The molecule has 9 nitrogen and oxygen atoms in total. The Morgan fingerprint density at radius 1 is 1.35 bits per heavy atom. The Hall–Kier alpha value is -2.85. The number of piperidine rings is 1. The van der Waals surface area contributed by atoms with Crippen molar-refractivity contribution in [3.8, 4) is 0 Å². The van der Waals surface area contributed by atoms with E-state index in [0.29, 0.717) is 30.5 Å². The van der Waals surface area contributed by atoms with Crippen molar-refractivity contribution in [2.75, 3.05) is 31.5 Å². The Labute approximate surface area is 183 Å². The number of cyclic esters (lactones) is 1. The predicted octanol–water partition coefficient (Wildman–Crippen LogP) is 1.48. The standard InChI is InChI=1S/C20H23ClFN7O2/c21-11-4-14-15(7-24-17(14)23-5-11)18-25-8-16(22)19(28-18)27-12-2-1-3-29(9-12)10-13-6-26-20(30)31-13/h4-5,7-8,12-13,17,23-24H,1-3,6,9-10H2,(H,26,30)(H,25,27,28)/t12-,13?,17?/m0/s1. The molecule has 0 spiro atoms. The van der Waals surface area contributed by atoms with Crippen LogP contribution in [-0.2, 0) is 4.74 Å². The topological polar surface area (TPSA) is 103 Å². The fraction of sp³-hybridized carbons (Fsp3) is 0.450. The lowest BCUT2D eigenvalue weighted by molar-refractivity contribution is 0.0981. The summed E-state index contributed by atoms with van der Waals surface area (Å²) in [5, 5.41) is 12.8. The minimum atomic E-state index is -0.494. The number of allylic oxidation sites excluding steroid dienone is 2. The number of anilines is 1. The van der Waals surface area contributed by atoms with E-state index in [2.05, 4.69) is 36.1 Å². The van der Waals surface area contributed by atoms with Gasteiger partial charge in [0.25, 0.3) is 0 Å². The van der Waals surface area contributed by atoms with Crippen LogP contribution in [0.1, 0.15) is 18.7 Å². The van der Waals surface area contributed by atoms with E-state index >= 15 is 0 Å². The summed E-state index contributed by atoms with van der Waals surface area (Å²) in [7, 11) is 0. The van der Waals surface area contributed by atoms with Gasteiger partial charge in [-0.15, -0.1) is 0 Å². The van der Waals surface area contributed by atoms with Gasteiger partial charge in [0.15, 0.2) is 17.5 Å². The third kappa shape index (κ3) is 4.31. The van der Waals surface area contributed by atoms with Crippen LogP contribution < -0.4 is 21.3 Å². The molecule has 4 N–H and O–H groups in total. The van der Waals surface area contributed by atoms with Crippen molar-refractivity contribution in [2.45, 2.75) is 31.2 Å². The van der Waals surface area contributed by atoms with Crippen LogP contribution in [0.4, 0.5) is 15.0 Å². The van der Waals surface area contributed by atoms with E-state index < -0.39 is 5.82 Å². The molecule has 0 aromatic carbocycles. The van der Waals surface area contributed by atoms with Gasteiger partial charge in [-0.3, -0.25) is 4.90 Å². The highest BCUT2D eigenvalue weighted by Crippen LogP contribution is 2.31. The van der Waals surface area contributed by atoms with Gasteiger partial charge in [0.2, 0.25) is 0 Å². The van der Waals surface area contributed by atoms with Crippen molar-refractivity contribution in [1.82, 2.24) is 30.8 Å². The number of hydrogen-bond donors (Lipinski definition) is 4. The Kier molecular flexibility index (Phi) is 5.41. The minimum absolute atomic E-state index is 0.0347. The van der Waals surface area contributed by atoms with Crippen LogP contribution in [0, 0.1) is 5.82 Å². The molecule has 1 amide bonds. The molecule has 3 atom stereocenters. The van der Waals surface area contributed by atoms with Crippen molar-refractivity contribution in [1.29, 1.82) is 0 Å². The maximum Gasteiger partial charge on any atom is 0.407 e. The predicted molar refractivity (Wildman–Crippen MR) is 113 cm³/mol. The zero-order chi connectivity index (χ0) is 21.4. The number of ether oxygens (including phenoxy) is 1. The number of amides is 1. The summed E-state index contributed by atoms with van der Waals surface area (Å²) in [5.74, 6) is 0.114. The van der Waals surface area contributed by atoms with Crippen LogP contribution in [-0.4, -0.2) is 65.5 Å². The maximum atomic E-state index is 14.5. The van der Waals surface area contributed by atoms with E-state index in [1.807, 2.05) is 12.3 Å². The molecule has 2 saturated heterocycles. The average Bonchev–Trinajstić information content (AvgIpc) is 3.35. The highest BCUT2D eigenvalue weighted by atomic mass is 35.5. The number of carbonyl (C=O) groups is 1. The zero-order valence-electron chi connectivity index (χ0n) is 16.7. The summed E-state index contributed by atoms with van der Waals surface area (Å²) in [6.07, 6.45) is 7.81. The van der Waals surface area contributed by atoms with Gasteiger partial charge in [0, 0.05) is 42.7 Å². The second-order valence-electron chi connectivity index (χ2n) is 7.99. The van der Waals surface area contributed by atoms with Gasteiger partial charge in [0.1, 0.15) is 12.3 Å². The number of nitrogens with zero attached hydrogens (tertiary/aromatic N) is 3. The van der Waals surface area contributed by atoms with Gasteiger partial charge in [-0.25, -0.2) is 19.2 Å². The van der Waals surface area contributed by atoms with Crippen molar-refractivity contribution in [3.63, 3.8) is 0 Å². The number of dihydropyridines is 1. The van der Waals surface area contributed by atoms with Crippen molar-refractivity contribution in [3.05, 3.63) is 46.9 Å². The van der Waals surface area contributed by atoms with Gasteiger partial charge in [0.05, 0.1) is 17.8 Å². The van der Waals surface area contributed by atoms with Crippen LogP contribution in [0.5, 0.6) is 0 Å². The molecular weight excluding hydrogens is 425 g/mol. The SMILES string of the molecule is O=C1NCC(CN2CCC[C@H](Nc3nc(C4=CNC5NC=C(Cl)C=C45)ncc3F)C2)O1. The normalized spacial score (nSPS) is 27.7. The van der Waals surface area contributed by atoms with E-state index in [9.17, 15) is 9.18 Å². The van der Waals surface area contributed by atoms with E-state index in [-0.39, 0.29) is 30.2 Å². The maximum absolute atomic E-state index is 14.5. The molecule has 0 bridgehead atoms. The van der Waals surface area contributed by atoms with E-state index in [1.165, 1.54) is 6.20 Å². The average molecular weight is 448 g/mol. The minimum Gasteiger partial charge on any atom is -0.443 e. The molecule has 4 aliphatic rings. The fourth-order valence-electron chi connectivity index (χ4n) is 4.29. The molecule has 2 fully saturated rings. The van der Waals surface area contributed by atoms with Crippen LogP contribution in [0.15, 0.2) is 35.3 Å². The molecular formula is C20H23ClFN7O2. The first-order chi connectivity index (χ1) is 15.0. The van der Waals surface area contributed by atoms with E-state index in [1.54, 1.807) is 6.20 Å². The Morgan fingerprint density at radius 2 is 2.23 bits per heavy atom. The number of hydrogen-bond acceptors (Lipinski definition) is 8. The van der Waals surface area contributed by atoms with Gasteiger partial charge < -0.3 is 26.0 Å². The van der Waals surface area contributed by atoms with Crippen LogP contribution >= 0.6 is 11.6 Å². The fourth-order valence-corrected chi connectivity index (χ4v) is 4.47. The first-order valence-corrected chi connectivity index (χ1v) is 10.7. The first-order valence-electron chi connectivity index (χ1n) is 10.3. The molecule has 0 radical (unpaired) electrons. The van der Waals surface area contributed by atoms with Crippen LogP contribution in [0.2, 0.25) is 0 Å². The molecule has 0 aliphatic carbocycles. The van der Waals surface area contributed by atoms with Gasteiger partial charge in [-0.2, -0.15) is 0 Å². The summed E-state index contributed by atoms with van der Waals surface area (Å²) >= 11 is 6.12. The van der Waals surface area contributed by atoms with Gasteiger partial charge >= 0.3 is 6.09 Å². The lowest BCUT2D eigenvalue weighted by Gasteiger charge is -2.34. The van der Waals surface area contributed by atoms with Crippen molar-refractivity contribution in [2.24, 2.45) is 0 Å². The number of likely N-dealkylation sites (tertiary alicyclic amines) is 1. The van der Waals surface area contributed by atoms with E-state index in [4.69, 9.17) is 16.3 Å². The summed E-state index contributed by atoms with van der Waals surface area (Å²) in [5.41, 5.74) is 1.68. The highest BCUT2D eigenvalue weighted by molar-refractivity contribution is 6.31. The molecule has 5 heterocycles. The number of alkyl carbamates (subject to hydrolysis) is 1. The van der Waals surface area contributed by atoms with Gasteiger partial charge in [-0.1, -0.05) is 11.6 Å². The van der Waals surface area contributed by atoms with E-state index in [0.717, 1.165) is 30.5 Å². The quantitative estimate of drug-likeness (QED) is 0.538. The second kappa shape index (κ2) is 8.35. The molecule has 31 heavy (non-hydrogen) atoms. The number of aromatic nitrogens is 2. The third-order valence-corrected chi connectivity index (χ3v) is 5.96. The Balaban J connectivity index is 1.27. The molecule has 1 aromatic rings. The monoisotopic (exact) mass is 447 g/mol. The number of nitrogens with one attached hydrogen (secondary N) is 4. The molecule has 5 rings (SSSR count). The number of fused-ring (bicyclic) bond motifs is 1. The highest BCUT2D eigenvalue weighted by Gasteiger charge is 2.30. The second-order valence-corrected chi connectivity index (χ2v) is 8.43. The molecule has 4 aliphatic heterocycles. The van der Waals surface area contributed by atoms with Crippen molar-refractivity contribution < 1.29 is 13.9 Å². The summed E-state index contributed by atoms with van der Waals surface area (Å²) in [6, 6.07) is 0.0347. The lowest BCUT2D eigenvalue weighted by Crippen LogP contribution is -2.45. The first kappa shape index (κ1) is 20.1. The largest absolute Gasteiger partial charge is 0.443 e. The molecule has 2 unspecified atom stereocenters. The smallest absolute Gasteiger partial charge is 0.407 e. The third-order valence-electron chi connectivity index (χ3n) is 5.74. The Morgan fingerprint density at radius 3 is 3.06 bits per heavy atom. The lowest BCUT2D eigenvalue weighted by atomic mass is 10.0. The summed E-state index contributed by atoms with van der Waals surface area (Å²) in [4.78, 5) is 22.1. The number of carbonyl (C=O) groups excluding carboxylic acids is 1. The van der Waals surface area contributed by atoms with Crippen molar-refractivity contribution >= 4 is 29.1 Å². The number of halogens is 2. The van der Waals surface area contributed by atoms with Crippen LogP contribution in [0.3, 0.4) is 0 Å². The summed E-state index contributed by atoms with van der Waals surface area (Å²) < 4.78 is 19.7. The molecule has 1 aromatic heterocycles. The summed E-state index contributed by atoms with van der Waals surface area (Å²) in [6.45, 7) is 2.81. The van der Waals surface area contributed by atoms with Gasteiger partial charge in [-0.05, 0) is 25.5 Å². The number of rotatable bonds is 5. The molecule has 164 valence electrons. The molecule has 0 saturated carbocycles. The zero-order valence-corrected chi connectivity index (χ0v) is 17.5. The Bertz CT molecular complexity index is 982. The van der Waals surface area contributed by atoms with Crippen LogP contribution in [0.25, 0.3) is 5.57 Å². The molecule has 11 heteroatoms.